The van der Waals surface area contributed by atoms with E-state index in [1.54, 1.807) is 6.08 Å². The van der Waals surface area contributed by atoms with Gasteiger partial charge < -0.3 is 16.0 Å². The molecule has 22 heavy (non-hydrogen) atoms. The summed E-state index contributed by atoms with van der Waals surface area (Å²) in [6.45, 7) is 12.2. The molecule has 0 atom stereocenters. The molecular formula is C13H24N8S. The second kappa shape index (κ2) is 8.98. The largest absolute Gasteiger partial charge is 0.358 e. The first-order valence-corrected chi connectivity index (χ1v) is 7.51. The molecule has 0 saturated carbocycles. The second-order valence-electron chi connectivity index (χ2n) is 5.15. The summed E-state index contributed by atoms with van der Waals surface area (Å²) >= 11 is 5.09. The van der Waals surface area contributed by atoms with Gasteiger partial charge in [0, 0.05) is 18.6 Å². The SMILES string of the molecule is C=CCNC(=S)NNc1nc(NC(C)C)nc(NC(C)C)n1. The number of thiocarbonyl (C=S) groups is 1. The molecule has 1 rings (SSSR count). The monoisotopic (exact) mass is 324 g/mol. The van der Waals surface area contributed by atoms with Crippen molar-refractivity contribution in [1.29, 1.82) is 0 Å². The highest BCUT2D eigenvalue weighted by atomic mass is 32.1. The first kappa shape index (κ1) is 17.9. The van der Waals surface area contributed by atoms with Gasteiger partial charge in [-0.05, 0) is 39.9 Å². The maximum Gasteiger partial charge on any atom is 0.248 e. The molecule has 1 aromatic heterocycles. The van der Waals surface area contributed by atoms with Crippen molar-refractivity contribution in [2.45, 2.75) is 39.8 Å². The smallest absolute Gasteiger partial charge is 0.248 e. The molecule has 0 fully saturated rings. The normalized spacial score (nSPS) is 10.3. The van der Waals surface area contributed by atoms with E-state index in [2.05, 4.69) is 48.3 Å². The number of hydrogen-bond acceptors (Lipinski definition) is 7. The molecule has 1 heterocycles. The fourth-order valence-electron chi connectivity index (χ4n) is 1.40. The van der Waals surface area contributed by atoms with Crippen LogP contribution < -0.4 is 26.8 Å². The maximum atomic E-state index is 5.09. The highest BCUT2D eigenvalue weighted by Gasteiger charge is 2.08. The Hall–Kier alpha value is -2.16. The Labute approximate surface area is 136 Å². The molecular weight excluding hydrogens is 300 g/mol. The minimum atomic E-state index is 0.213. The van der Waals surface area contributed by atoms with E-state index < -0.39 is 0 Å². The third-order valence-corrected chi connectivity index (χ3v) is 2.41. The molecule has 0 bridgehead atoms. The van der Waals surface area contributed by atoms with E-state index in [4.69, 9.17) is 12.2 Å². The van der Waals surface area contributed by atoms with Crippen molar-refractivity contribution in [2.24, 2.45) is 0 Å². The van der Waals surface area contributed by atoms with Gasteiger partial charge in [0.1, 0.15) is 0 Å². The number of rotatable bonds is 8. The molecule has 9 heteroatoms. The molecule has 0 aliphatic heterocycles. The Morgan fingerprint density at radius 3 is 2.00 bits per heavy atom. The Balaban J connectivity index is 2.78. The van der Waals surface area contributed by atoms with Gasteiger partial charge in [0.05, 0.1) is 0 Å². The minimum absolute atomic E-state index is 0.213. The first-order valence-electron chi connectivity index (χ1n) is 7.10. The number of hydrazine groups is 1. The quantitative estimate of drug-likeness (QED) is 0.277. The Morgan fingerprint density at radius 1 is 1.05 bits per heavy atom. The minimum Gasteiger partial charge on any atom is -0.358 e. The summed E-state index contributed by atoms with van der Waals surface area (Å²) in [6.07, 6.45) is 1.71. The second-order valence-corrected chi connectivity index (χ2v) is 5.56. The van der Waals surface area contributed by atoms with Crippen LogP contribution in [0.15, 0.2) is 12.7 Å². The number of aromatic nitrogens is 3. The van der Waals surface area contributed by atoms with Gasteiger partial charge in [0.15, 0.2) is 5.11 Å². The Kier molecular flexibility index (Phi) is 7.30. The topological polar surface area (TPSA) is 98.8 Å². The molecule has 0 spiro atoms. The zero-order chi connectivity index (χ0) is 16.5. The van der Waals surface area contributed by atoms with E-state index in [9.17, 15) is 0 Å². The van der Waals surface area contributed by atoms with Gasteiger partial charge in [-0.15, -0.1) is 6.58 Å². The average Bonchev–Trinajstić information content (AvgIpc) is 2.41. The van der Waals surface area contributed by atoms with Crippen LogP contribution >= 0.6 is 12.2 Å². The van der Waals surface area contributed by atoms with E-state index in [1.165, 1.54) is 0 Å². The molecule has 0 saturated heterocycles. The zero-order valence-corrected chi connectivity index (χ0v) is 14.2. The van der Waals surface area contributed by atoms with Gasteiger partial charge in [0.25, 0.3) is 0 Å². The van der Waals surface area contributed by atoms with E-state index >= 15 is 0 Å². The standard InChI is InChI=1S/C13H24N8S/c1-6-7-14-13(22)21-20-12-18-10(15-8(2)3)17-11(19-12)16-9(4)5/h6,8-9H,1,7H2,2-5H3,(H2,14,21,22)(H3,15,16,17,18,19,20). The van der Waals surface area contributed by atoms with E-state index in [0.29, 0.717) is 29.5 Å². The maximum absolute atomic E-state index is 5.09. The lowest BCUT2D eigenvalue weighted by atomic mass is 10.4. The molecule has 1 aromatic rings. The number of nitrogens with zero attached hydrogens (tertiary/aromatic N) is 3. The highest BCUT2D eigenvalue weighted by Crippen LogP contribution is 2.10. The van der Waals surface area contributed by atoms with Crippen LogP contribution in [0.25, 0.3) is 0 Å². The summed E-state index contributed by atoms with van der Waals surface area (Å²) in [4.78, 5) is 12.9. The van der Waals surface area contributed by atoms with Crippen LogP contribution in [0, 0.1) is 0 Å². The Bertz CT molecular complexity index is 475. The van der Waals surface area contributed by atoms with Crippen molar-refractivity contribution in [3.05, 3.63) is 12.7 Å². The Morgan fingerprint density at radius 2 is 1.55 bits per heavy atom. The molecule has 0 aromatic carbocycles. The van der Waals surface area contributed by atoms with Gasteiger partial charge in [-0.1, -0.05) is 6.08 Å². The predicted octanol–water partition coefficient (Wildman–Crippen LogP) is 1.49. The van der Waals surface area contributed by atoms with Crippen LogP contribution in [0.5, 0.6) is 0 Å². The van der Waals surface area contributed by atoms with Crippen molar-refractivity contribution in [3.63, 3.8) is 0 Å². The fraction of sp³-hybridized carbons (Fsp3) is 0.538. The zero-order valence-electron chi connectivity index (χ0n) is 13.4. The summed E-state index contributed by atoms with van der Waals surface area (Å²) in [5.41, 5.74) is 5.66. The molecule has 0 amide bonds. The summed E-state index contributed by atoms with van der Waals surface area (Å²) in [5, 5.41) is 9.66. The highest BCUT2D eigenvalue weighted by molar-refractivity contribution is 7.80. The van der Waals surface area contributed by atoms with Crippen molar-refractivity contribution in [3.8, 4) is 0 Å². The number of nitrogens with one attached hydrogen (secondary N) is 5. The molecule has 0 aliphatic rings. The molecule has 0 radical (unpaired) electrons. The fourth-order valence-corrected chi connectivity index (χ4v) is 1.53. The van der Waals surface area contributed by atoms with Crippen LogP contribution in [0.2, 0.25) is 0 Å². The number of anilines is 3. The molecule has 8 nitrogen and oxygen atoms in total. The van der Waals surface area contributed by atoms with Crippen molar-refractivity contribution in [2.75, 3.05) is 22.6 Å². The van der Waals surface area contributed by atoms with Gasteiger partial charge in [-0.3, -0.25) is 10.9 Å². The van der Waals surface area contributed by atoms with Crippen LogP contribution in [-0.2, 0) is 0 Å². The van der Waals surface area contributed by atoms with E-state index in [-0.39, 0.29) is 12.1 Å². The lowest BCUT2D eigenvalue weighted by Crippen LogP contribution is -2.39. The number of hydrogen-bond donors (Lipinski definition) is 5. The van der Waals surface area contributed by atoms with Crippen LogP contribution in [0.1, 0.15) is 27.7 Å². The van der Waals surface area contributed by atoms with E-state index in [1.807, 2.05) is 27.7 Å². The molecule has 0 unspecified atom stereocenters. The lowest BCUT2D eigenvalue weighted by molar-refractivity contribution is 0.841. The molecule has 5 N–H and O–H groups in total. The molecule has 122 valence electrons. The van der Waals surface area contributed by atoms with Gasteiger partial charge in [0.2, 0.25) is 17.8 Å². The van der Waals surface area contributed by atoms with Crippen molar-refractivity contribution < 1.29 is 0 Å². The first-order chi connectivity index (χ1) is 10.4. The van der Waals surface area contributed by atoms with E-state index in [0.717, 1.165) is 0 Å². The third kappa shape index (κ3) is 7.02. The van der Waals surface area contributed by atoms with Crippen molar-refractivity contribution >= 4 is 35.2 Å². The summed E-state index contributed by atoms with van der Waals surface area (Å²) < 4.78 is 0. The lowest BCUT2D eigenvalue weighted by Gasteiger charge is -2.15. The van der Waals surface area contributed by atoms with Crippen LogP contribution in [0.3, 0.4) is 0 Å². The summed E-state index contributed by atoms with van der Waals surface area (Å²) in [5.74, 6) is 1.34. The van der Waals surface area contributed by atoms with Gasteiger partial charge in [-0.2, -0.15) is 15.0 Å². The van der Waals surface area contributed by atoms with Crippen LogP contribution in [0.4, 0.5) is 17.8 Å². The molecule has 0 aliphatic carbocycles. The summed E-state index contributed by atoms with van der Waals surface area (Å²) in [6, 6.07) is 0.427. The van der Waals surface area contributed by atoms with Gasteiger partial charge >= 0.3 is 0 Å². The third-order valence-electron chi connectivity index (χ3n) is 2.17. The van der Waals surface area contributed by atoms with Crippen molar-refractivity contribution in [1.82, 2.24) is 25.7 Å². The average molecular weight is 324 g/mol. The van der Waals surface area contributed by atoms with Crippen LogP contribution in [-0.4, -0.2) is 38.7 Å². The predicted molar refractivity (Wildman–Crippen MR) is 94.9 cm³/mol. The van der Waals surface area contributed by atoms with Gasteiger partial charge in [-0.25, -0.2) is 0 Å². The summed E-state index contributed by atoms with van der Waals surface area (Å²) in [7, 11) is 0.